The largest absolute Gasteiger partial charge is 0.438 e. The Balaban J connectivity index is 1.64. The summed E-state index contributed by atoms with van der Waals surface area (Å²) in [4.78, 5) is 20.1. The molecule has 2 heterocycles. The quantitative estimate of drug-likeness (QED) is 0.514. The van der Waals surface area contributed by atoms with Crippen molar-refractivity contribution in [1.29, 1.82) is 0 Å². The van der Waals surface area contributed by atoms with E-state index in [4.69, 9.17) is 4.74 Å². The molecular formula is C18H16N4O2. The molecule has 0 amide bonds. The number of benzene rings is 1. The fourth-order valence-corrected chi connectivity index (χ4v) is 2.04. The predicted octanol–water partition coefficient (Wildman–Crippen LogP) is 3.38. The second-order valence-corrected chi connectivity index (χ2v) is 5.00. The summed E-state index contributed by atoms with van der Waals surface area (Å²) in [6.45, 7) is 2.71. The summed E-state index contributed by atoms with van der Waals surface area (Å²) in [5.74, 6) is 1.02. The Bertz CT molecular complexity index is 839. The molecule has 120 valence electrons. The third-order valence-corrected chi connectivity index (χ3v) is 3.31. The minimum absolute atomic E-state index is 0.0745. The van der Waals surface area contributed by atoms with Crippen molar-refractivity contribution in [3.8, 4) is 11.6 Å². The highest BCUT2D eigenvalue weighted by Gasteiger charge is 2.04. The highest BCUT2D eigenvalue weighted by atomic mass is 16.5. The molecule has 0 aliphatic rings. The average Bonchev–Trinajstić information content (AvgIpc) is 3.11. The van der Waals surface area contributed by atoms with Crippen LogP contribution in [-0.4, -0.2) is 25.5 Å². The highest BCUT2D eigenvalue weighted by Crippen LogP contribution is 2.19. The molecule has 0 saturated carbocycles. The molecule has 0 aliphatic carbocycles. The lowest BCUT2D eigenvalue weighted by Crippen LogP contribution is -1.94. The molecule has 0 saturated heterocycles. The second-order valence-electron chi connectivity index (χ2n) is 5.00. The van der Waals surface area contributed by atoms with Gasteiger partial charge in [0.25, 0.3) is 0 Å². The van der Waals surface area contributed by atoms with Crippen LogP contribution in [0.15, 0.2) is 61.3 Å². The molecule has 2 aromatic heterocycles. The number of carbonyl (C=O) groups is 1. The summed E-state index contributed by atoms with van der Waals surface area (Å²) in [6, 6.07) is 7.36. The lowest BCUT2D eigenvalue weighted by atomic mass is 10.1. The number of carbonyl (C=O) groups excluding carboxylic acids is 1. The molecule has 24 heavy (non-hydrogen) atoms. The molecule has 0 unspecified atom stereocenters. The summed E-state index contributed by atoms with van der Waals surface area (Å²) in [5.41, 5.74) is 1.48. The number of nitrogens with zero attached hydrogens (tertiary/aromatic N) is 4. The number of hydrogen-bond donors (Lipinski definition) is 0. The van der Waals surface area contributed by atoms with Crippen molar-refractivity contribution in [2.24, 2.45) is 0 Å². The van der Waals surface area contributed by atoms with Crippen molar-refractivity contribution in [2.45, 2.75) is 13.5 Å². The third kappa shape index (κ3) is 3.92. The predicted molar refractivity (Wildman–Crippen MR) is 89.8 cm³/mol. The van der Waals surface area contributed by atoms with Gasteiger partial charge in [-0.2, -0.15) is 5.10 Å². The van der Waals surface area contributed by atoms with Gasteiger partial charge < -0.3 is 4.74 Å². The number of aromatic nitrogens is 4. The zero-order chi connectivity index (χ0) is 16.8. The molecule has 0 aliphatic heterocycles. The number of ketones is 1. The van der Waals surface area contributed by atoms with E-state index in [1.165, 1.54) is 6.08 Å². The van der Waals surface area contributed by atoms with E-state index in [-0.39, 0.29) is 5.78 Å². The van der Waals surface area contributed by atoms with Crippen LogP contribution in [0.1, 0.15) is 22.8 Å². The summed E-state index contributed by atoms with van der Waals surface area (Å²) in [5, 5.41) is 4.10. The van der Waals surface area contributed by atoms with Crippen molar-refractivity contribution in [3.05, 3.63) is 72.5 Å². The smallest absolute Gasteiger partial charge is 0.237 e. The van der Waals surface area contributed by atoms with Crippen molar-refractivity contribution >= 4 is 11.9 Å². The zero-order valence-corrected chi connectivity index (χ0v) is 13.2. The first-order valence-electron chi connectivity index (χ1n) is 7.53. The fraction of sp³-hybridized carbons (Fsp3) is 0.111. The molecule has 3 aromatic rings. The Labute approximate surface area is 139 Å². The van der Waals surface area contributed by atoms with E-state index in [9.17, 15) is 4.79 Å². The van der Waals surface area contributed by atoms with Gasteiger partial charge in [-0.25, -0.2) is 4.98 Å². The number of allylic oxidation sites excluding steroid dienone is 1. The lowest BCUT2D eigenvalue weighted by Gasteiger charge is -2.03. The fourth-order valence-electron chi connectivity index (χ4n) is 2.04. The standard InChI is InChI=1S/C18H16N4O2/c1-2-22-13-15(11-21-22)17(23)8-5-14-3-6-16(7-4-14)24-18-12-19-9-10-20-18/h3-13H,2H2,1H3/b8-5+. The Kier molecular flexibility index (Phi) is 4.76. The van der Waals surface area contributed by atoms with E-state index >= 15 is 0 Å². The Morgan fingerprint density at radius 2 is 2.04 bits per heavy atom. The maximum atomic E-state index is 12.1. The van der Waals surface area contributed by atoms with Gasteiger partial charge in [0, 0.05) is 25.1 Å². The number of hydrogen-bond acceptors (Lipinski definition) is 5. The molecule has 6 heteroatoms. The summed E-state index contributed by atoms with van der Waals surface area (Å²) in [7, 11) is 0. The maximum absolute atomic E-state index is 12.1. The summed E-state index contributed by atoms with van der Waals surface area (Å²) >= 11 is 0. The van der Waals surface area contributed by atoms with Gasteiger partial charge in [-0.05, 0) is 30.7 Å². The van der Waals surface area contributed by atoms with Crippen LogP contribution in [0.25, 0.3) is 6.08 Å². The van der Waals surface area contributed by atoms with E-state index in [1.807, 2.05) is 31.2 Å². The van der Waals surface area contributed by atoms with Crippen molar-refractivity contribution in [2.75, 3.05) is 0 Å². The topological polar surface area (TPSA) is 69.9 Å². The minimum Gasteiger partial charge on any atom is -0.438 e. The van der Waals surface area contributed by atoms with Crippen LogP contribution in [0.4, 0.5) is 0 Å². The third-order valence-electron chi connectivity index (χ3n) is 3.31. The average molecular weight is 320 g/mol. The zero-order valence-electron chi connectivity index (χ0n) is 13.2. The van der Waals surface area contributed by atoms with Gasteiger partial charge in [0.05, 0.1) is 18.0 Å². The Hall–Kier alpha value is -3.28. The van der Waals surface area contributed by atoms with Crippen molar-refractivity contribution in [1.82, 2.24) is 19.7 Å². The van der Waals surface area contributed by atoms with Crippen molar-refractivity contribution in [3.63, 3.8) is 0 Å². The van der Waals surface area contributed by atoms with Gasteiger partial charge in [0.1, 0.15) is 5.75 Å². The molecule has 0 radical (unpaired) electrons. The Morgan fingerprint density at radius 1 is 1.21 bits per heavy atom. The van der Waals surface area contributed by atoms with Crippen LogP contribution in [-0.2, 0) is 6.54 Å². The van der Waals surface area contributed by atoms with E-state index in [0.29, 0.717) is 17.2 Å². The van der Waals surface area contributed by atoms with Crippen molar-refractivity contribution < 1.29 is 9.53 Å². The van der Waals surface area contributed by atoms with E-state index in [2.05, 4.69) is 15.1 Å². The molecule has 6 nitrogen and oxygen atoms in total. The molecule has 1 aromatic carbocycles. The van der Waals surface area contributed by atoms with E-state index < -0.39 is 0 Å². The van der Waals surface area contributed by atoms with Crippen LogP contribution in [0.5, 0.6) is 11.6 Å². The SMILES string of the molecule is CCn1cc(C(=O)/C=C/c2ccc(Oc3cnccn3)cc2)cn1. The van der Waals surface area contributed by atoms with Crippen LogP contribution in [0, 0.1) is 0 Å². The number of rotatable bonds is 6. The summed E-state index contributed by atoms with van der Waals surface area (Å²) < 4.78 is 7.29. The first-order chi connectivity index (χ1) is 11.7. The second kappa shape index (κ2) is 7.32. The van der Waals surface area contributed by atoms with Gasteiger partial charge >= 0.3 is 0 Å². The van der Waals surface area contributed by atoms with Crippen LogP contribution in [0.2, 0.25) is 0 Å². The minimum atomic E-state index is -0.0745. The van der Waals surface area contributed by atoms with Gasteiger partial charge in [-0.1, -0.05) is 18.2 Å². The normalized spacial score (nSPS) is 10.9. The molecule has 0 atom stereocenters. The van der Waals surface area contributed by atoms with Gasteiger partial charge in [0.15, 0.2) is 5.78 Å². The van der Waals surface area contributed by atoms with Crippen LogP contribution in [0.3, 0.4) is 0 Å². The molecule has 0 bridgehead atoms. The molecular weight excluding hydrogens is 304 g/mol. The van der Waals surface area contributed by atoms with Gasteiger partial charge in [-0.3, -0.25) is 14.5 Å². The van der Waals surface area contributed by atoms with E-state index in [1.54, 1.807) is 41.7 Å². The number of aryl methyl sites for hydroxylation is 1. The lowest BCUT2D eigenvalue weighted by molar-refractivity contribution is 0.104. The number of ether oxygens (including phenoxy) is 1. The first-order valence-corrected chi connectivity index (χ1v) is 7.53. The molecule has 0 N–H and O–H groups in total. The van der Waals surface area contributed by atoms with Crippen LogP contribution >= 0.6 is 0 Å². The van der Waals surface area contributed by atoms with Gasteiger partial charge in [0.2, 0.25) is 5.88 Å². The molecule has 3 rings (SSSR count). The van der Waals surface area contributed by atoms with Crippen LogP contribution < -0.4 is 4.74 Å². The van der Waals surface area contributed by atoms with Gasteiger partial charge in [-0.15, -0.1) is 0 Å². The van der Waals surface area contributed by atoms with E-state index in [0.717, 1.165) is 12.1 Å². The highest BCUT2D eigenvalue weighted by molar-refractivity contribution is 6.06. The maximum Gasteiger partial charge on any atom is 0.237 e. The first kappa shape index (κ1) is 15.6. The molecule has 0 spiro atoms. The monoisotopic (exact) mass is 320 g/mol. The molecule has 0 fully saturated rings. The Morgan fingerprint density at radius 3 is 2.71 bits per heavy atom. The summed E-state index contributed by atoms with van der Waals surface area (Å²) in [6.07, 6.45) is 11.3.